The molecule has 94 valence electrons. The summed E-state index contributed by atoms with van der Waals surface area (Å²) in [5.41, 5.74) is 0.698. The number of hydrogen-bond donors (Lipinski definition) is 1. The van der Waals surface area contributed by atoms with Crippen molar-refractivity contribution in [3.05, 3.63) is 42.5 Å². The van der Waals surface area contributed by atoms with Gasteiger partial charge >= 0.3 is 0 Å². The van der Waals surface area contributed by atoms with E-state index in [9.17, 15) is 14.7 Å². The maximum Gasteiger partial charge on any atom is 0.163 e. The molecule has 0 aliphatic heterocycles. The minimum absolute atomic E-state index is 0.0304. The van der Waals surface area contributed by atoms with Crippen molar-refractivity contribution < 1.29 is 19.4 Å². The third-order valence-corrected chi connectivity index (χ3v) is 2.24. The molecule has 0 amide bonds. The Bertz CT molecular complexity index is 501. The van der Waals surface area contributed by atoms with E-state index >= 15 is 0 Å². The Hall–Kier alpha value is -2.36. The quantitative estimate of drug-likeness (QED) is 0.617. The van der Waals surface area contributed by atoms with E-state index in [1.807, 2.05) is 0 Å². The van der Waals surface area contributed by atoms with Crippen LogP contribution in [0, 0.1) is 0 Å². The minimum Gasteiger partial charge on any atom is -0.504 e. The molecule has 0 aliphatic carbocycles. The Kier molecular flexibility index (Phi) is 4.87. The van der Waals surface area contributed by atoms with Crippen LogP contribution in [-0.2, 0) is 9.59 Å². The summed E-state index contributed by atoms with van der Waals surface area (Å²) in [7, 11) is 1.44. The molecule has 0 radical (unpaired) electrons. The molecule has 0 aliphatic rings. The minimum atomic E-state index is -0.312. The van der Waals surface area contributed by atoms with E-state index < -0.39 is 0 Å². The van der Waals surface area contributed by atoms with E-state index in [0.717, 1.165) is 6.08 Å². The zero-order valence-corrected chi connectivity index (χ0v) is 10.1. The van der Waals surface area contributed by atoms with Crippen molar-refractivity contribution in [2.24, 2.45) is 0 Å². The van der Waals surface area contributed by atoms with Crippen molar-refractivity contribution in [2.45, 2.75) is 6.42 Å². The van der Waals surface area contributed by atoms with Crippen LogP contribution < -0.4 is 4.74 Å². The number of carbonyl (C=O) groups excluding carboxylic acids is 2. The predicted molar refractivity (Wildman–Crippen MR) is 68.5 cm³/mol. The summed E-state index contributed by atoms with van der Waals surface area (Å²) >= 11 is 0. The van der Waals surface area contributed by atoms with Gasteiger partial charge in [-0.15, -0.1) is 0 Å². The second-order valence-corrected chi connectivity index (χ2v) is 3.58. The van der Waals surface area contributed by atoms with Gasteiger partial charge in [-0.3, -0.25) is 9.59 Å². The molecule has 0 atom stereocenters. The summed E-state index contributed by atoms with van der Waals surface area (Å²) < 4.78 is 4.94. The highest BCUT2D eigenvalue weighted by atomic mass is 16.5. The van der Waals surface area contributed by atoms with E-state index in [4.69, 9.17) is 4.74 Å². The maximum absolute atomic E-state index is 11.4. The molecule has 0 saturated heterocycles. The highest BCUT2D eigenvalue weighted by Gasteiger charge is 2.03. The van der Waals surface area contributed by atoms with Crippen molar-refractivity contribution in [3.8, 4) is 11.5 Å². The topological polar surface area (TPSA) is 63.6 Å². The van der Waals surface area contributed by atoms with Gasteiger partial charge in [0.2, 0.25) is 0 Å². The van der Waals surface area contributed by atoms with E-state index in [-0.39, 0.29) is 23.7 Å². The van der Waals surface area contributed by atoms with Crippen LogP contribution in [0.5, 0.6) is 11.5 Å². The number of hydrogen-bond acceptors (Lipinski definition) is 4. The summed E-state index contributed by atoms with van der Waals surface area (Å²) in [4.78, 5) is 22.3. The molecule has 0 saturated carbocycles. The lowest BCUT2D eigenvalue weighted by Crippen LogP contribution is -2.01. The van der Waals surface area contributed by atoms with Crippen molar-refractivity contribution in [2.75, 3.05) is 7.11 Å². The number of rotatable bonds is 6. The lowest BCUT2D eigenvalue weighted by molar-refractivity contribution is -0.121. The lowest BCUT2D eigenvalue weighted by atomic mass is 10.1. The van der Waals surface area contributed by atoms with Crippen LogP contribution in [0.25, 0.3) is 6.08 Å². The van der Waals surface area contributed by atoms with E-state index in [1.165, 1.54) is 19.3 Å². The molecular formula is C14H14O4. The Balaban J connectivity index is 2.75. The third-order valence-electron chi connectivity index (χ3n) is 2.24. The number of aromatic hydroxyl groups is 1. The molecule has 0 unspecified atom stereocenters. The van der Waals surface area contributed by atoms with Gasteiger partial charge in [0, 0.05) is 0 Å². The van der Waals surface area contributed by atoms with Crippen LogP contribution in [0.2, 0.25) is 0 Å². The first kappa shape index (κ1) is 13.7. The molecule has 1 rings (SSSR count). The van der Waals surface area contributed by atoms with Gasteiger partial charge in [-0.05, 0) is 29.8 Å². The van der Waals surface area contributed by atoms with Crippen LogP contribution in [0.1, 0.15) is 12.0 Å². The molecule has 0 aromatic heterocycles. The van der Waals surface area contributed by atoms with Crippen molar-refractivity contribution in [1.29, 1.82) is 0 Å². The van der Waals surface area contributed by atoms with Crippen LogP contribution in [0.3, 0.4) is 0 Å². The fourth-order valence-electron chi connectivity index (χ4n) is 1.29. The molecular weight excluding hydrogens is 232 g/mol. The van der Waals surface area contributed by atoms with Gasteiger partial charge in [0.15, 0.2) is 23.1 Å². The van der Waals surface area contributed by atoms with E-state index in [0.29, 0.717) is 11.3 Å². The van der Waals surface area contributed by atoms with Crippen LogP contribution in [0.15, 0.2) is 36.9 Å². The number of methoxy groups -OCH3 is 1. The Morgan fingerprint density at radius 2 is 2.11 bits per heavy atom. The lowest BCUT2D eigenvalue weighted by Gasteiger charge is -2.03. The zero-order chi connectivity index (χ0) is 13.5. The van der Waals surface area contributed by atoms with Gasteiger partial charge < -0.3 is 9.84 Å². The average molecular weight is 246 g/mol. The summed E-state index contributed by atoms with van der Waals surface area (Å²) in [5, 5.41) is 9.39. The first-order valence-corrected chi connectivity index (χ1v) is 5.30. The number of phenols is 1. The second-order valence-electron chi connectivity index (χ2n) is 3.58. The molecule has 18 heavy (non-hydrogen) atoms. The molecule has 0 spiro atoms. The molecule has 1 aromatic rings. The van der Waals surface area contributed by atoms with E-state index in [2.05, 4.69) is 6.58 Å². The fourth-order valence-corrected chi connectivity index (χ4v) is 1.29. The number of ketones is 2. The van der Waals surface area contributed by atoms with Crippen molar-refractivity contribution in [1.82, 2.24) is 0 Å². The summed E-state index contributed by atoms with van der Waals surface area (Å²) in [6.45, 7) is 3.29. The molecule has 0 bridgehead atoms. The SMILES string of the molecule is C=CC(=O)CC(=O)C=Cc1ccc(O)c(OC)c1. The summed E-state index contributed by atoms with van der Waals surface area (Å²) in [6.07, 6.45) is 3.80. The number of ether oxygens (including phenoxy) is 1. The Labute approximate surface area is 105 Å². The van der Waals surface area contributed by atoms with Crippen LogP contribution in [0.4, 0.5) is 0 Å². The van der Waals surface area contributed by atoms with Crippen molar-refractivity contribution in [3.63, 3.8) is 0 Å². The van der Waals surface area contributed by atoms with Gasteiger partial charge in [-0.1, -0.05) is 18.7 Å². The van der Waals surface area contributed by atoms with Gasteiger partial charge in [-0.2, -0.15) is 0 Å². The van der Waals surface area contributed by atoms with Crippen LogP contribution in [-0.4, -0.2) is 23.8 Å². The molecule has 4 nitrogen and oxygen atoms in total. The maximum atomic E-state index is 11.4. The number of phenolic OH excluding ortho intramolecular Hbond substituents is 1. The van der Waals surface area contributed by atoms with Crippen LogP contribution >= 0.6 is 0 Å². The largest absolute Gasteiger partial charge is 0.504 e. The Morgan fingerprint density at radius 1 is 1.39 bits per heavy atom. The normalized spacial score (nSPS) is 10.3. The predicted octanol–water partition coefficient (Wildman–Crippen LogP) is 2.13. The monoisotopic (exact) mass is 246 g/mol. The zero-order valence-electron chi connectivity index (χ0n) is 10.1. The number of allylic oxidation sites excluding steroid dienone is 2. The first-order valence-electron chi connectivity index (χ1n) is 5.30. The molecule has 1 N–H and O–H groups in total. The number of carbonyl (C=O) groups is 2. The van der Waals surface area contributed by atoms with Gasteiger partial charge in [0.25, 0.3) is 0 Å². The van der Waals surface area contributed by atoms with E-state index in [1.54, 1.807) is 18.2 Å². The fraction of sp³-hybridized carbons (Fsp3) is 0.143. The Morgan fingerprint density at radius 3 is 2.72 bits per heavy atom. The molecule has 1 aromatic carbocycles. The highest BCUT2D eigenvalue weighted by molar-refractivity contribution is 6.09. The third kappa shape index (κ3) is 3.90. The molecule has 4 heteroatoms. The van der Waals surface area contributed by atoms with Gasteiger partial charge in [0.1, 0.15) is 0 Å². The first-order chi connectivity index (χ1) is 8.56. The molecule has 0 fully saturated rings. The molecule has 0 heterocycles. The number of benzene rings is 1. The van der Waals surface area contributed by atoms with Crippen molar-refractivity contribution >= 4 is 17.6 Å². The van der Waals surface area contributed by atoms with Gasteiger partial charge in [-0.25, -0.2) is 0 Å². The standard InChI is InChI=1S/C14H14O4/c1-3-11(15)9-12(16)6-4-10-5-7-13(17)14(8-10)18-2/h3-8,17H,1,9H2,2H3. The smallest absolute Gasteiger partial charge is 0.163 e. The summed E-state index contributed by atoms with van der Waals surface area (Å²) in [5.74, 6) is -0.255. The summed E-state index contributed by atoms with van der Waals surface area (Å²) in [6, 6.07) is 4.70. The second kappa shape index (κ2) is 6.39. The highest BCUT2D eigenvalue weighted by Crippen LogP contribution is 2.26. The van der Waals surface area contributed by atoms with Gasteiger partial charge in [0.05, 0.1) is 13.5 Å². The average Bonchev–Trinajstić information content (AvgIpc) is 2.37.